The van der Waals surface area contributed by atoms with Crippen LogP contribution < -0.4 is 0 Å². The summed E-state index contributed by atoms with van der Waals surface area (Å²) in [6, 6.07) is 0. The lowest BCUT2D eigenvalue weighted by Gasteiger charge is -2.04. The molecule has 0 fully saturated rings. The van der Waals surface area contributed by atoms with E-state index in [9.17, 15) is 0 Å². The van der Waals surface area contributed by atoms with Crippen LogP contribution in [0.1, 0.15) is 104 Å². The summed E-state index contributed by atoms with van der Waals surface area (Å²) in [4.78, 5) is 0. The molecule has 0 aliphatic rings. The number of hydrogen-bond donors (Lipinski definition) is 0. The third-order valence-corrected chi connectivity index (χ3v) is 3.69. The predicted molar refractivity (Wildman–Crippen MR) is 83.8 cm³/mol. The first-order valence-corrected chi connectivity index (χ1v) is 8.43. The molecule has 0 unspecified atom stereocenters. The Morgan fingerprint density at radius 2 is 1.17 bits per heavy atom. The van der Waals surface area contributed by atoms with Gasteiger partial charge in [0.1, 0.15) is 0 Å². The van der Waals surface area contributed by atoms with Crippen LogP contribution in [0.5, 0.6) is 0 Å². The lowest BCUT2D eigenvalue weighted by atomic mass is 10.0. The van der Waals surface area contributed by atoms with Gasteiger partial charge in [0.05, 0.1) is 0 Å². The fourth-order valence-corrected chi connectivity index (χ4v) is 2.47. The van der Waals surface area contributed by atoms with Gasteiger partial charge in [0.25, 0.3) is 0 Å². The molecule has 0 rings (SSSR count). The van der Waals surface area contributed by atoms with E-state index < -0.39 is 0 Å². The van der Waals surface area contributed by atoms with Crippen LogP contribution in [0.25, 0.3) is 0 Å². The highest BCUT2D eigenvalue weighted by Gasteiger charge is 1.96. The summed E-state index contributed by atoms with van der Waals surface area (Å²) >= 11 is 0. The van der Waals surface area contributed by atoms with Crippen molar-refractivity contribution in [3.05, 3.63) is 11.6 Å². The van der Waals surface area contributed by atoms with Gasteiger partial charge in [-0.15, -0.1) is 0 Å². The van der Waals surface area contributed by atoms with Crippen molar-refractivity contribution in [1.29, 1.82) is 0 Å². The van der Waals surface area contributed by atoms with E-state index in [1.54, 1.807) is 5.57 Å². The van der Waals surface area contributed by atoms with Crippen LogP contribution in [0, 0.1) is 6.08 Å². The third-order valence-electron chi connectivity index (χ3n) is 3.69. The molecular formula is C18H35. The molecule has 0 aromatic rings. The van der Waals surface area contributed by atoms with Crippen molar-refractivity contribution < 1.29 is 0 Å². The Morgan fingerprint density at radius 1 is 0.667 bits per heavy atom. The molecule has 0 heterocycles. The second kappa shape index (κ2) is 14.8. The molecule has 0 spiro atoms. The van der Waals surface area contributed by atoms with Gasteiger partial charge < -0.3 is 0 Å². The van der Waals surface area contributed by atoms with Gasteiger partial charge in [0.2, 0.25) is 0 Å². The van der Waals surface area contributed by atoms with E-state index >= 15 is 0 Å². The second-order valence-corrected chi connectivity index (χ2v) is 5.42. The zero-order valence-electron chi connectivity index (χ0n) is 13.2. The van der Waals surface area contributed by atoms with Gasteiger partial charge in [-0.25, -0.2) is 0 Å². The topological polar surface area (TPSA) is 0 Å². The maximum atomic E-state index is 3.48. The van der Waals surface area contributed by atoms with E-state index in [0.717, 1.165) is 6.42 Å². The van der Waals surface area contributed by atoms with Crippen LogP contribution in [-0.2, 0) is 0 Å². The van der Waals surface area contributed by atoms with Crippen molar-refractivity contribution in [2.24, 2.45) is 0 Å². The lowest BCUT2D eigenvalue weighted by molar-refractivity contribution is 0.555. The standard InChI is InChI=1S/C18H35/c1-4-7-8-9-10-11-12-13-14-15-17-18(6-3)16-5-2/h4-15,17H2,1-3H3. The first-order chi connectivity index (χ1) is 8.85. The molecule has 107 valence electrons. The molecule has 0 bridgehead atoms. The van der Waals surface area contributed by atoms with E-state index in [2.05, 4.69) is 26.8 Å². The van der Waals surface area contributed by atoms with Crippen molar-refractivity contribution >= 4 is 0 Å². The van der Waals surface area contributed by atoms with E-state index in [1.165, 1.54) is 77.0 Å². The average Bonchev–Trinajstić information content (AvgIpc) is 2.39. The monoisotopic (exact) mass is 251 g/mol. The van der Waals surface area contributed by atoms with Crippen LogP contribution >= 0.6 is 0 Å². The Hall–Kier alpha value is -0.260. The zero-order valence-corrected chi connectivity index (χ0v) is 13.2. The molecule has 0 amide bonds. The second-order valence-electron chi connectivity index (χ2n) is 5.42. The van der Waals surface area contributed by atoms with Gasteiger partial charge in [-0.05, 0) is 31.8 Å². The Labute approximate surface area is 116 Å². The molecule has 0 nitrogen and oxygen atoms in total. The molecule has 0 heteroatoms. The summed E-state index contributed by atoms with van der Waals surface area (Å²) in [5.74, 6) is 0. The number of allylic oxidation sites excluding steroid dienone is 2. The number of hydrogen-bond acceptors (Lipinski definition) is 0. The van der Waals surface area contributed by atoms with E-state index in [1.807, 2.05) is 0 Å². The fourth-order valence-electron chi connectivity index (χ4n) is 2.47. The van der Waals surface area contributed by atoms with Crippen LogP contribution in [0.2, 0.25) is 0 Å². The summed E-state index contributed by atoms with van der Waals surface area (Å²) < 4.78 is 0. The highest BCUT2D eigenvalue weighted by Crippen LogP contribution is 2.15. The largest absolute Gasteiger partial charge is 0.0670 e. The third kappa shape index (κ3) is 12.2. The predicted octanol–water partition coefficient (Wildman–Crippen LogP) is 6.85. The molecule has 0 saturated carbocycles. The van der Waals surface area contributed by atoms with E-state index in [0.29, 0.717) is 0 Å². The van der Waals surface area contributed by atoms with E-state index in [-0.39, 0.29) is 0 Å². The maximum Gasteiger partial charge on any atom is -0.0305 e. The highest BCUT2D eigenvalue weighted by atomic mass is 14.0. The van der Waals surface area contributed by atoms with Crippen LogP contribution in [0.4, 0.5) is 0 Å². The molecule has 0 saturated heterocycles. The molecule has 0 aliphatic carbocycles. The lowest BCUT2D eigenvalue weighted by Crippen LogP contribution is -1.85. The van der Waals surface area contributed by atoms with Crippen LogP contribution in [0.3, 0.4) is 0 Å². The Morgan fingerprint density at radius 3 is 1.61 bits per heavy atom. The minimum absolute atomic E-state index is 1.08. The van der Waals surface area contributed by atoms with Gasteiger partial charge in [0.15, 0.2) is 0 Å². The molecule has 0 atom stereocenters. The van der Waals surface area contributed by atoms with Crippen molar-refractivity contribution in [3.63, 3.8) is 0 Å². The Kier molecular flexibility index (Phi) is 14.6. The molecule has 0 aromatic heterocycles. The summed E-state index contributed by atoms with van der Waals surface area (Å²) in [6.07, 6.45) is 21.4. The number of unbranched alkanes of at least 4 members (excludes halogenated alkanes) is 9. The van der Waals surface area contributed by atoms with Gasteiger partial charge in [-0.1, -0.05) is 84.1 Å². The summed E-state index contributed by atoms with van der Waals surface area (Å²) in [6.45, 7) is 6.73. The molecule has 1 radical (unpaired) electrons. The van der Waals surface area contributed by atoms with Crippen LogP contribution in [-0.4, -0.2) is 0 Å². The summed E-state index contributed by atoms with van der Waals surface area (Å²) in [7, 11) is 0. The normalized spacial score (nSPS) is 12.1. The van der Waals surface area contributed by atoms with Crippen LogP contribution in [0.15, 0.2) is 5.57 Å². The quantitative estimate of drug-likeness (QED) is 0.314. The highest BCUT2D eigenvalue weighted by molar-refractivity contribution is 4.95. The van der Waals surface area contributed by atoms with Gasteiger partial charge in [-0.3, -0.25) is 0 Å². The van der Waals surface area contributed by atoms with Crippen molar-refractivity contribution in [2.45, 2.75) is 104 Å². The fraction of sp³-hybridized carbons (Fsp3) is 0.889. The minimum atomic E-state index is 1.08. The Balaban J connectivity index is 3.18. The maximum absolute atomic E-state index is 3.48. The average molecular weight is 251 g/mol. The first kappa shape index (κ1) is 17.7. The summed E-state index contributed by atoms with van der Waals surface area (Å²) in [5, 5.41) is 0. The molecular weight excluding hydrogens is 216 g/mol. The molecule has 0 N–H and O–H groups in total. The zero-order chi connectivity index (χ0) is 13.5. The molecule has 0 aromatic carbocycles. The van der Waals surface area contributed by atoms with Crippen molar-refractivity contribution in [1.82, 2.24) is 0 Å². The smallest absolute Gasteiger partial charge is 0.0305 e. The minimum Gasteiger partial charge on any atom is -0.0670 e. The van der Waals surface area contributed by atoms with Crippen molar-refractivity contribution in [2.75, 3.05) is 0 Å². The molecule has 0 aliphatic heterocycles. The van der Waals surface area contributed by atoms with Gasteiger partial charge >= 0.3 is 0 Å². The van der Waals surface area contributed by atoms with E-state index in [4.69, 9.17) is 0 Å². The number of rotatable bonds is 13. The first-order valence-electron chi connectivity index (χ1n) is 8.43. The SMILES string of the molecule is CC/[C]=C(/CC)CCCCCCCCCCCC. The summed E-state index contributed by atoms with van der Waals surface area (Å²) in [5.41, 5.74) is 1.55. The van der Waals surface area contributed by atoms with Gasteiger partial charge in [-0.2, -0.15) is 0 Å². The van der Waals surface area contributed by atoms with Crippen molar-refractivity contribution in [3.8, 4) is 0 Å². The van der Waals surface area contributed by atoms with Gasteiger partial charge in [0, 0.05) is 0 Å². The molecule has 18 heavy (non-hydrogen) atoms. The Bertz CT molecular complexity index is 178.